The van der Waals surface area contributed by atoms with Crippen LogP contribution in [0.1, 0.15) is 43.0 Å². The van der Waals surface area contributed by atoms with Crippen LogP contribution in [0, 0.1) is 13.0 Å². The summed E-state index contributed by atoms with van der Waals surface area (Å²) >= 11 is 0. The zero-order chi connectivity index (χ0) is 18.8. The van der Waals surface area contributed by atoms with Crippen molar-refractivity contribution in [1.82, 2.24) is 19.5 Å². The second-order valence-corrected chi connectivity index (χ2v) is 6.83. The minimum atomic E-state index is -0.825. The molecule has 1 saturated heterocycles. The Hall–Kier alpha value is -2.74. The summed E-state index contributed by atoms with van der Waals surface area (Å²) < 4.78 is 21.7. The fraction of sp³-hybridized carbons (Fsp3) is 0.421. The smallest absolute Gasteiger partial charge is 0.312 e. The number of imidazole rings is 1. The Bertz CT molecular complexity index is 951. The fourth-order valence-corrected chi connectivity index (χ4v) is 3.38. The number of fused-ring (bicyclic) bond motifs is 1. The lowest BCUT2D eigenvalue weighted by atomic mass is 10.1. The summed E-state index contributed by atoms with van der Waals surface area (Å²) in [7, 11) is 0. The summed E-state index contributed by atoms with van der Waals surface area (Å²) in [6.07, 6.45) is 4.66. The van der Waals surface area contributed by atoms with Crippen LogP contribution in [0.3, 0.4) is 0 Å². The second kappa shape index (κ2) is 7.48. The first-order valence-corrected chi connectivity index (χ1v) is 9.16. The number of nitrogens with one attached hydrogen (secondary N) is 1. The number of hydrogen-bond acceptors (Lipinski definition) is 6. The van der Waals surface area contributed by atoms with Crippen molar-refractivity contribution in [3.8, 4) is 5.75 Å². The maximum atomic E-state index is 14.1. The largest absolute Gasteiger partial charge is 0.508 e. The zero-order valence-corrected chi connectivity index (χ0v) is 15.2. The number of aromatic nitrogens is 4. The van der Waals surface area contributed by atoms with Crippen molar-refractivity contribution in [2.75, 3.05) is 11.9 Å². The van der Waals surface area contributed by atoms with E-state index >= 15 is 0 Å². The van der Waals surface area contributed by atoms with E-state index in [2.05, 4.69) is 20.3 Å². The molecule has 0 bridgehead atoms. The molecule has 27 heavy (non-hydrogen) atoms. The number of benzene rings is 1. The highest BCUT2D eigenvalue weighted by atomic mass is 19.1. The van der Waals surface area contributed by atoms with E-state index in [4.69, 9.17) is 4.74 Å². The standard InChI is InChI=1S/C19H22FN5O2/c1-12-6-7-14(26)13(9-12)10-21-17-16-18(24-19(20)23-17)25(11-22-16)15-5-3-2-4-8-27-15/h6-7,9,11,15,26H,2-5,8,10H2,1H3,(H,21,23,24). The molecule has 3 aromatic rings. The molecule has 1 fully saturated rings. The van der Waals surface area contributed by atoms with Crippen molar-refractivity contribution >= 4 is 17.0 Å². The molecule has 0 radical (unpaired) electrons. The van der Waals surface area contributed by atoms with Gasteiger partial charge in [0.25, 0.3) is 0 Å². The molecule has 1 atom stereocenters. The number of aromatic hydroxyl groups is 1. The van der Waals surface area contributed by atoms with Crippen molar-refractivity contribution in [2.45, 2.75) is 45.4 Å². The van der Waals surface area contributed by atoms with Crippen molar-refractivity contribution in [1.29, 1.82) is 0 Å². The van der Waals surface area contributed by atoms with E-state index in [1.54, 1.807) is 17.0 Å². The summed E-state index contributed by atoms with van der Waals surface area (Å²) in [6, 6.07) is 5.34. The lowest BCUT2D eigenvalue weighted by Gasteiger charge is -2.17. The van der Waals surface area contributed by atoms with E-state index in [1.165, 1.54) is 0 Å². The van der Waals surface area contributed by atoms with E-state index in [0.717, 1.165) is 31.2 Å². The van der Waals surface area contributed by atoms with E-state index in [1.807, 2.05) is 19.1 Å². The second-order valence-electron chi connectivity index (χ2n) is 6.83. The van der Waals surface area contributed by atoms with Crippen molar-refractivity contribution in [3.63, 3.8) is 0 Å². The van der Waals surface area contributed by atoms with Gasteiger partial charge in [-0.3, -0.25) is 4.57 Å². The van der Waals surface area contributed by atoms with Gasteiger partial charge >= 0.3 is 6.08 Å². The van der Waals surface area contributed by atoms with Gasteiger partial charge in [0, 0.05) is 18.7 Å². The van der Waals surface area contributed by atoms with Crippen LogP contribution in [0.5, 0.6) is 5.75 Å². The first-order valence-electron chi connectivity index (χ1n) is 9.16. The number of hydrogen-bond donors (Lipinski definition) is 2. The number of phenolic OH excluding ortho intramolecular Hbond substituents is 1. The van der Waals surface area contributed by atoms with Crippen molar-refractivity contribution < 1.29 is 14.2 Å². The summed E-state index contributed by atoms with van der Waals surface area (Å²) in [5.41, 5.74) is 2.62. The Morgan fingerprint density at radius 1 is 1.30 bits per heavy atom. The monoisotopic (exact) mass is 371 g/mol. The van der Waals surface area contributed by atoms with Crippen LogP contribution < -0.4 is 5.32 Å². The number of anilines is 1. The SMILES string of the molecule is Cc1ccc(O)c(CNc2nc(F)nc3c2ncn3C2CCCCCO2)c1. The predicted octanol–water partition coefficient (Wildman–Crippen LogP) is 3.68. The maximum absolute atomic E-state index is 14.1. The minimum absolute atomic E-state index is 0.177. The van der Waals surface area contributed by atoms with Crippen LogP contribution in [-0.4, -0.2) is 31.2 Å². The third kappa shape index (κ3) is 3.71. The fourth-order valence-electron chi connectivity index (χ4n) is 3.38. The molecule has 1 aliphatic heterocycles. The van der Waals surface area contributed by atoms with Gasteiger partial charge < -0.3 is 15.2 Å². The molecule has 4 rings (SSSR count). The molecule has 0 spiro atoms. The number of ether oxygens (including phenoxy) is 1. The van der Waals surface area contributed by atoms with Crippen LogP contribution in [0.4, 0.5) is 10.2 Å². The van der Waals surface area contributed by atoms with Crippen LogP contribution in [0.25, 0.3) is 11.2 Å². The predicted molar refractivity (Wildman–Crippen MR) is 98.9 cm³/mol. The highest BCUT2D eigenvalue weighted by Crippen LogP contribution is 2.28. The molecule has 0 amide bonds. The number of aryl methyl sites for hydroxylation is 1. The third-order valence-corrected chi connectivity index (χ3v) is 4.79. The van der Waals surface area contributed by atoms with Crippen molar-refractivity contribution in [2.24, 2.45) is 0 Å². The van der Waals surface area contributed by atoms with Crippen LogP contribution >= 0.6 is 0 Å². The first-order chi connectivity index (χ1) is 13.1. The Morgan fingerprint density at radius 2 is 2.19 bits per heavy atom. The summed E-state index contributed by atoms with van der Waals surface area (Å²) in [5, 5.41) is 13.1. The van der Waals surface area contributed by atoms with Crippen LogP contribution in [0.2, 0.25) is 0 Å². The average Bonchev–Trinajstić information content (AvgIpc) is 2.88. The molecule has 2 N–H and O–H groups in total. The van der Waals surface area contributed by atoms with Gasteiger partial charge in [-0.15, -0.1) is 0 Å². The average molecular weight is 371 g/mol. The molecule has 1 aromatic carbocycles. The Balaban J connectivity index is 1.64. The highest BCUT2D eigenvalue weighted by Gasteiger charge is 2.20. The molecular formula is C19H22FN5O2. The van der Waals surface area contributed by atoms with Gasteiger partial charge in [-0.2, -0.15) is 14.4 Å². The summed E-state index contributed by atoms with van der Waals surface area (Å²) in [4.78, 5) is 12.2. The van der Waals surface area contributed by atoms with Crippen molar-refractivity contribution in [3.05, 3.63) is 41.7 Å². The van der Waals surface area contributed by atoms with Gasteiger partial charge in [-0.05, 0) is 32.3 Å². The van der Waals surface area contributed by atoms with Gasteiger partial charge in [-0.25, -0.2) is 4.98 Å². The van der Waals surface area contributed by atoms with Gasteiger partial charge in [0.1, 0.15) is 12.0 Å². The molecule has 7 nitrogen and oxygen atoms in total. The van der Waals surface area contributed by atoms with Crippen LogP contribution in [-0.2, 0) is 11.3 Å². The number of phenols is 1. The Morgan fingerprint density at radius 3 is 3.07 bits per heavy atom. The number of nitrogens with zero attached hydrogens (tertiary/aromatic N) is 4. The Kier molecular flexibility index (Phi) is 4.89. The minimum Gasteiger partial charge on any atom is -0.508 e. The van der Waals surface area contributed by atoms with E-state index in [-0.39, 0.29) is 12.0 Å². The number of rotatable bonds is 4. The molecular weight excluding hydrogens is 349 g/mol. The molecule has 8 heteroatoms. The van der Waals surface area contributed by atoms with Crippen LogP contribution in [0.15, 0.2) is 24.5 Å². The lowest BCUT2D eigenvalue weighted by molar-refractivity contribution is 0.00928. The topological polar surface area (TPSA) is 85.1 Å². The summed E-state index contributed by atoms with van der Waals surface area (Å²) in [6.45, 7) is 2.92. The molecule has 0 aliphatic carbocycles. The van der Waals surface area contributed by atoms with E-state index in [9.17, 15) is 9.50 Å². The normalized spacial score (nSPS) is 17.8. The number of halogens is 1. The maximum Gasteiger partial charge on any atom is 0.312 e. The van der Waals surface area contributed by atoms with Gasteiger partial charge in [0.15, 0.2) is 17.0 Å². The Labute approximate surface area is 156 Å². The molecule has 1 unspecified atom stereocenters. The molecule has 2 aromatic heterocycles. The van der Waals surface area contributed by atoms with E-state index < -0.39 is 6.08 Å². The summed E-state index contributed by atoms with van der Waals surface area (Å²) in [5.74, 6) is 0.474. The van der Waals surface area contributed by atoms with E-state index in [0.29, 0.717) is 35.7 Å². The molecule has 1 aliphatic rings. The molecule has 0 saturated carbocycles. The highest BCUT2D eigenvalue weighted by molar-refractivity contribution is 5.82. The molecule has 3 heterocycles. The lowest BCUT2D eigenvalue weighted by Crippen LogP contribution is -2.12. The third-order valence-electron chi connectivity index (χ3n) is 4.79. The zero-order valence-electron chi connectivity index (χ0n) is 15.2. The quantitative estimate of drug-likeness (QED) is 0.681. The van der Waals surface area contributed by atoms with Gasteiger partial charge in [0.05, 0.1) is 6.33 Å². The van der Waals surface area contributed by atoms with Gasteiger partial charge in [-0.1, -0.05) is 24.1 Å². The first kappa shape index (κ1) is 17.7. The molecule has 142 valence electrons. The van der Waals surface area contributed by atoms with Gasteiger partial charge in [0.2, 0.25) is 0 Å².